The van der Waals surface area contributed by atoms with Gasteiger partial charge in [0.05, 0.1) is 5.92 Å². The number of likely N-dealkylation sites (N-methyl/N-ethyl adjacent to an activating group) is 1. The summed E-state index contributed by atoms with van der Waals surface area (Å²) < 4.78 is 0. The number of hydrogen-bond donors (Lipinski definition) is 1. The average Bonchev–Trinajstić information content (AvgIpc) is 2.83. The van der Waals surface area contributed by atoms with Crippen molar-refractivity contribution in [2.75, 3.05) is 33.7 Å². The van der Waals surface area contributed by atoms with Gasteiger partial charge in [-0.25, -0.2) is 0 Å². The topological polar surface area (TPSA) is 60.9 Å². The van der Waals surface area contributed by atoms with E-state index in [9.17, 15) is 9.59 Å². The first kappa shape index (κ1) is 16.0. The maximum absolute atomic E-state index is 12.4. The van der Waals surface area contributed by atoms with Crippen LogP contribution < -0.4 is 0 Å². The molecule has 2 atom stereocenters. The van der Waals surface area contributed by atoms with E-state index in [0.29, 0.717) is 12.8 Å². The molecule has 0 spiro atoms. The summed E-state index contributed by atoms with van der Waals surface area (Å²) >= 11 is 0. The van der Waals surface area contributed by atoms with Crippen molar-refractivity contribution in [3.63, 3.8) is 0 Å². The Morgan fingerprint density at radius 1 is 1.11 bits per heavy atom. The van der Waals surface area contributed by atoms with Crippen molar-refractivity contribution < 1.29 is 14.7 Å². The fraction of sp³-hybridized carbons (Fsp3) is 0.857. The number of amides is 1. The van der Waals surface area contributed by atoms with Crippen molar-refractivity contribution in [3.8, 4) is 0 Å². The van der Waals surface area contributed by atoms with E-state index in [1.165, 1.54) is 0 Å². The first-order valence-corrected chi connectivity index (χ1v) is 7.12. The first-order valence-electron chi connectivity index (χ1n) is 7.12. The van der Waals surface area contributed by atoms with Crippen LogP contribution >= 0.6 is 0 Å². The Morgan fingerprint density at radius 2 is 1.74 bits per heavy atom. The molecule has 19 heavy (non-hydrogen) atoms. The van der Waals surface area contributed by atoms with Gasteiger partial charge in [0.25, 0.3) is 0 Å². The molecule has 1 amide bonds. The minimum atomic E-state index is -0.759. The highest BCUT2D eigenvalue weighted by molar-refractivity contribution is 5.81. The Bertz CT molecular complexity index is 318. The standard InChI is InChI=1S/C14H26N2O3/c1-4-7-16(9-8-15(2)3)13(17)11-5-6-12(10-11)14(18)19/h11-12H,4-10H2,1-3H3,(H,18,19)/t11-,12+/m1/s1. The third-order valence-corrected chi connectivity index (χ3v) is 3.75. The van der Waals surface area contributed by atoms with Crippen LogP contribution in [-0.4, -0.2) is 60.5 Å². The van der Waals surface area contributed by atoms with Crippen molar-refractivity contribution in [1.82, 2.24) is 9.80 Å². The van der Waals surface area contributed by atoms with Gasteiger partial charge < -0.3 is 14.9 Å². The quantitative estimate of drug-likeness (QED) is 0.757. The Morgan fingerprint density at radius 3 is 2.21 bits per heavy atom. The summed E-state index contributed by atoms with van der Waals surface area (Å²) in [7, 11) is 3.98. The van der Waals surface area contributed by atoms with Crippen LogP contribution in [0.15, 0.2) is 0 Å². The van der Waals surface area contributed by atoms with Crippen LogP contribution in [0, 0.1) is 11.8 Å². The minimum Gasteiger partial charge on any atom is -0.481 e. The molecule has 0 heterocycles. The highest BCUT2D eigenvalue weighted by atomic mass is 16.4. The third-order valence-electron chi connectivity index (χ3n) is 3.75. The Labute approximate surface area is 115 Å². The lowest BCUT2D eigenvalue weighted by atomic mass is 10.0. The molecule has 0 radical (unpaired) electrons. The van der Waals surface area contributed by atoms with Gasteiger partial charge in [0.1, 0.15) is 0 Å². The predicted molar refractivity (Wildman–Crippen MR) is 73.9 cm³/mol. The number of carbonyl (C=O) groups is 2. The van der Waals surface area contributed by atoms with Crippen LogP contribution in [-0.2, 0) is 9.59 Å². The van der Waals surface area contributed by atoms with Gasteiger partial charge in [-0.1, -0.05) is 6.92 Å². The van der Waals surface area contributed by atoms with E-state index in [1.807, 2.05) is 19.0 Å². The Hall–Kier alpha value is -1.10. The lowest BCUT2D eigenvalue weighted by Crippen LogP contribution is -2.40. The number of carboxylic acid groups (broad SMARTS) is 1. The molecule has 1 N–H and O–H groups in total. The molecule has 1 fully saturated rings. The van der Waals surface area contributed by atoms with Gasteiger partial charge in [-0.3, -0.25) is 9.59 Å². The summed E-state index contributed by atoms with van der Waals surface area (Å²) in [4.78, 5) is 27.3. The second-order valence-corrected chi connectivity index (χ2v) is 5.67. The van der Waals surface area contributed by atoms with Gasteiger partial charge in [0.2, 0.25) is 5.91 Å². The number of carbonyl (C=O) groups excluding carboxylic acids is 1. The van der Waals surface area contributed by atoms with Gasteiger partial charge in [0, 0.05) is 25.6 Å². The lowest BCUT2D eigenvalue weighted by Gasteiger charge is -2.26. The molecule has 110 valence electrons. The zero-order chi connectivity index (χ0) is 14.4. The fourth-order valence-corrected chi connectivity index (χ4v) is 2.61. The zero-order valence-electron chi connectivity index (χ0n) is 12.3. The molecule has 0 bridgehead atoms. The summed E-state index contributed by atoms with van der Waals surface area (Å²) in [5.41, 5.74) is 0. The lowest BCUT2D eigenvalue weighted by molar-refractivity contribution is -0.141. The summed E-state index contributed by atoms with van der Waals surface area (Å²) in [6.45, 7) is 4.40. The van der Waals surface area contributed by atoms with Gasteiger partial charge in [0.15, 0.2) is 0 Å². The van der Waals surface area contributed by atoms with Crippen molar-refractivity contribution in [2.45, 2.75) is 32.6 Å². The monoisotopic (exact) mass is 270 g/mol. The number of rotatable bonds is 7. The largest absolute Gasteiger partial charge is 0.481 e. The maximum Gasteiger partial charge on any atom is 0.306 e. The number of aliphatic carboxylic acids is 1. The van der Waals surface area contributed by atoms with E-state index in [1.54, 1.807) is 0 Å². The van der Waals surface area contributed by atoms with Crippen molar-refractivity contribution in [2.24, 2.45) is 11.8 Å². The third kappa shape index (κ3) is 4.82. The van der Waals surface area contributed by atoms with Crippen molar-refractivity contribution in [1.29, 1.82) is 0 Å². The summed E-state index contributed by atoms with van der Waals surface area (Å²) in [5, 5.41) is 9.00. The first-order chi connectivity index (χ1) is 8.95. The maximum atomic E-state index is 12.4. The Kier molecular flexibility index (Phi) is 6.28. The molecule has 0 unspecified atom stereocenters. The van der Waals surface area contributed by atoms with Crippen LogP contribution in [0.25, 0.3) is 0 Å². The zero-order valence-corrected chi connectivity index (χ0v) is 12.3. The fourth-order valence-electron chi connectivity index (χ4n) is 2.61. The van der Waals surface area contributed by atoms with Crippen molar-refractivity contribution in [3.05, 3.63) is 0 Å². The molecule has 0 saturated heterocycles. The normalized spacial score (nSPS) is 22.7. The Balaban J connectivity index is 2.54. The van der Waals surface area contributed by atoms with E-state index in [2.05, 4.69) is 11.8 Å². The van der Waals surface area contributed by atoms with E-state index >= 15 is 0 Å². The van der Waals surface area contributed by atoms with Crippen LogP contribution in [0.2, 0.25) is 0 Å². The van der Waals surface area contributed by atoms with Crippen LogP contribution in [0.4, 0.5) is 0 Å². The molecule has 1 rings (SSSR count). The minimum absolute atomic E-state index is 0.0881. The molecule has 0 aromatic heterocycles. The smallest absolute Gasteiger partial charge is 0.306 e. The van der Waals surface area contributed by atoms with E-state index in [0.717, 1.165) is 32.5 Å². The predicted octanol–water partition coefficient (Wildman–Crippen LogP) is 1.29. The van der Waals surface area contributed by atoms with Gasteiger partial charge in [-0.2, -0.15) is 0 Å². The molecule has 5 heteroatoms. The van der Waals surface area contributed by atoms with Crippen molar-refractivity contribution >= 4 is 11.9 Å². The molecule has 0 aromatic rings. The van der Waals surface area contributed by atoms with Gasteiger partial charge in [-0.15, -0.1) is 0 Å². The summed E-state index contributed by atoms with van der Waals surface area (Å²) in [6.07, 6.45) is 2.81. The van der Waals surface area contributed by atoms with Crippen LogP contribution in [0.3, 0.4) is 0 Å². The highest BCUT2D eigenvalue weighted by Crippen LogP contribution is 2.32. The molecule has 1 aliphatic rings. The number of carboxylic acids is 1. The molecule has 0 aromatic carbocycles. The molecule has 1 saturated carbocycles. The average molecular weight is 270 g/mol. The second-order valence-electron chi connectivity index (χ2n) is 5.67. The summed E-state index contributed by atoms with van der Waals surface area (Å²) in [5.74, 6) is -1.03. The number of nitrogens with zero attached hydrogens (tertiary/aromatic N) is 2. The number of hydrogen-bond acceptors (Lipinski definition) is 3. The molecular formula is C14H26N2O3. The van der Waals surface area contributed by atoms with Gasteiger partial charge in [-0.05, 0) is 39.8 Å². The van der Waals surface area contributed by atoms with Gasteiger partial charge >= 0.3 is 5.97 Å². The highest BCUT2D eigenvalue weighted by Gasteiger charge is 2.35. The molecular weight excluding hydrogens is 244 g/mol. The molecule has 5 nitrogen and oxygen atoms in total. The van der Waals surface area contributed by atoms with Crippen LogP contribution in [0.1, 0.15) is 32.6 Å². The summed E-state index contributed by atoms with van der Waals surface area (Å²) in [6, 6.07) is 0. The van der Waals surface area contributed by atoms with E-state index in [4.69, 9.17) is 5.11 Å². The second kappa shape index (κ2) is 7.48. The molecule has 0 aliphatic heterocycles. The SMILES string of the molecule is CCCN(CCN(C)C)C(=O)[C@@H]1CC[C@H](C(=O)O)C1. The van der Waals surface area contributed by atoms with E-state index in [-0.39, 0.29) is 17.7 Å². The van der Waals surface area contributed by atoms with Crippen LogP contribution in [0.5, 0.6) is 0 Å². The van der Waals surface area contributed by atoms with E-state index < -0.39 is 5.97 Å². The molecule has 1 aliphatic carbocycles.